The van der Waals surface area contributed by atoms with Gasteiger partial charge >= 0.3 is 0 Å². The van der Waals surface area contributed by atoms with Crippen LogP contribution in [0.15, 0.2) is 24.3 Å². The van der Waals surface area contributed by atoms with Gasteiger partial charge in [-0.15, -0.1) is 0 Å². The van der Waals surface area contributed by atoms with Crippen molar-refractivity contribution in [1.82, 2.24) is 4.90 Å². The SMILES string of the molecule is CC(Cc1cccc(N)c1)N1CCOCC1. The highest BCUT2D eigenvalue weighted by atomic mass is 16.5. The van der Waals surface area contributed by atoms with Gasteiger partial charge in [-0.1, -0.05) is 12.1 Å². The zero-order valence-electron chi connectivity index (χ0n) is 9.86. The number of benzene rings is 1. The largest absolute Gasteiger partial charge is 0.399 e. The molecule has 2 N–H and O–H groups in total. The van der Waals surface area contributed by atoms with Crippen molar-refractivity contribution in [2.24, 2.45) is 0 Å². The first kappa shape index (κ1) is 11.4. The Kier molecular flexibility index (Phi) is 3.80. The predicted octanol–water partition coefficient (Wildman–Crippen LogP) is 1.53. The molecule has 88 valence electrons. The molecule has 3 heteroatoms. The monoisotopic (exact) mass is 220 g/mol. The highest BCUT2D eigenvalue weighted by Crippen LogP contribution is 2.13. The number of rotatable bonds is 3. The Bertz CT molecular complexity index is 334. The van der Waals surface area contributed by atoms with Crippen LogP contribution in [0.2, 0.25) is 0 Å². The first-order chi connectivity index (χ1) is 7.75. The summed E-state index contributed by atoms with van der Waals surface area (Å²) in [6.07, 6.45) is 1.06. The van der Waals surface area contributed by atoms with E-state index in [0.717, 1.165) is 38.4 Å². The molecular formula is C13H20N2O. The van der Waals surface area contributed by atoms with E-state index in [4.69, 9.17) is 10.5 Å². The zero-order valence-corrected chi connectivity index (χ0v) is 9.86. The molecule has 1 aliphatic rings. The zero-order chi connectivity index (χ0) is 11.4. The van der Waals surface area contributed by atoms with Crippen LogP contribution in [-0.4, -0.2) is 37.2 Å². The molecule has 0 amide bonds. The second-order valence-corrected chi connectivity index (χ2v) is 4.45. The third-order valence-electron chi connectivity index (χ3n) is 3.15. The van der Waals surface area contributed by atoms with Gasteiger partial charge in [0.15, 0.2) is 0 Å². The second-order valence-electron chi connectivity index (χ2n) is 4.45. The van der Waals surface area contributed by atoms with Crippen molar-refractivity contribution in [3.05, 3.63) is 29.8 Å². The third kappa shape index (κ3) is 2.97. The molecule has 0 aliphatic carbocycles. The van der Waals surface area contributed by atoms with Gasteiger partial charge in [0.1, 0.15) is 0 Å². The number of nitrogens with two attached hydrogens (primary N) is 1. The Hall–Kier alpha value is -1.06. The van der Waals surface area contributed by atoms with Gasteiger partial charge in [-0.2, -0.15) is 0 Å². The Morgan fingerprint density at radius 3 is 2.81 bits per heavy atom. The standard InChI is InChI=1S/C13H20N2O/c1-11(15-5-7-16-8-6-15)9-12-3-2-4-13(14)10-12/h2-4,10-11H,5-9,14H2,1H3. The molecule has 0 radical (unpaired) electrons. The normalized spacial score (nSPS) is 19.6. The van der Waals surface area contributed by atoms with Crippen LogP contribution in [0.25, 0.3) is 0 Å². The summed E-state index contributed by atoms with van der Waals surface area (Å²) in [5.74, 6) is 0. The van der Waals surface area contributed by atoms with E-state index in [-0.39, 0.29) is 0 Å². The molecule has 1 heterocycles. The van der Waals surface area contributed by atoms with Crippen LogP contribution in [0.3, 0.4) is 0 Å². The average Bonchev–Trinajstić information content (AvgIpc) is 2.30. The van der Waals surface area contributed by atoms with Crippen molar-refractivity contribution in [3.63, 3.8) is 0 Å². The Balaban J connectivity index is 1.93. The summed E-state index contributed by atoms with van der Waals surface area (Å²) in [4.78, 5) is 2.48. The van der Waals surface area contributed by atoms with Gasteiger partial charge in [0, 0.05) is 24.8 Å². The van der Waals surface area contributed by atoms with Gasteiger partial charge in [-0.25, -0.2) is 0 Å². The molecule has 1 aromatic carbocycles. The minimum atomic E-state index is 0.561. The molecule has 2 rings (SSSR count). The lowest BCUT2D eigenvalue weighted by Gasteiger charge is -2.32. The molecule has 1 fully saturated rings. The minimum absolute atomic E-state index is 0.561. The summed E-state index contributed by atoms with van der Waals surface area (Å²) in [6, 6.07) is 8.73. The van der Waals surface area contributed by atoms with E-state index in [9.17, 15) is 0 Å². The number of nitrogen functional groups attached to an aromatic ring is 1. The van der Waals surface area contributed by atoms with Crippen LogP contribution in [0, 0.1) is 0 Å². The molecule has 1 aliphatic heterocycles. The molecule has 16 heavy (non-hydrogen) atoms. The fourth-order valence-corrected chi connectivity index (χ4v) is 2.21. The van der Waals surface area contributed by atoms with E-state index in [0.29, 0.717) is 6.04 Å². The maximum atomic E-state index is 5.78. The maximum Gasteiger partial charge on any atom is 0.0594 e. The third-order valence-corrected chi connectivity index (χ3v) is 3.15. The highest BCUT2D eigenvalue weighted by molar-refractivity contribution is 5.40. The van der Waals surface area contributed by atoms with Crippen molar-refractivity contribution < 1.29 is 4.74 Å². The number of ether oxygens (including phenoxy) is 1. The first-order valence-electron chi connectivity index (χ1n) is 5.92. The number of nitrogens with zero attached hydrogens (tertiary/aromatic N) is 1. The lowest BCUT2D eigenvalue weighted by molar-refractivity contribution is 0.0203. The minimum Gasteiger partial charge on any atom is -0.399 e. The number of hydrogen-bond donors (Lipinski definition) is 1. The molecule has 0 spiro atoms. The molecule has 1 atom stereocenters. The molecule has 0 aromatic heterocycles. The van der Waals surface area contributed by atoms with Crippen LogP contribution in [0.5, 0.6) is 0 Å². The van der Waals surface area contributed by atoms with Gasteiger partial charge in [-0.3, -0.25) is 4.90 Å². The van der Waals surface area contributed by atoms with Crippen molar-refractivity contribution >= 4 is 5.69 Å². The fraction of sp³-hybridized carbons (Fsp3) is 0.538. The van der Waals surface area contributed by atoms with Crippen molar-refractivity contribution in [1.29, 1.82) is 0 Å². The van der Waals surface area contributed by atoms with E-state index in [2.05, 4.69) is 24.0 Å². The van der Waals surface area contributed by atoms with Gasteiger partial charge in [0.25, 0.3) is 0 Å². The lowest BCUT2D eigenvalue weighted by Crippen LogP contribution is -2.43. The van der Waals surface area contributed by atoms with Gasteiger partial charge < -0.3 is 10.5 Å². The van der Waals surface area contributed by atoms with Crippen LogP contribution < -0.4 is 5.73 Å². The van der Waals surface area contributed by atoms with Crippen LogP contribution >= 0.6 is 0 Å². The van der Waals surface area contributed by atoms with Crippen molar-refractivity contribution in [2.75, 3.05) is 32.0 Å². The van der Waals surface area contributed by atoms with E-state index >= 15 is 0 Å². The summed E-state index contributed by atoms with van der Waals surface area (Å²) in [6.45, 7) is 6.09. The number of hydrogen-bond acceptors (Lipinski definition) is 3. The summed E-state index contributed by atoms with van der Waals surface area (Å²) >= 11 is 0. The number of morpholine rings is 1. The Morgan fingerprint density at radius 1 is 1.38 bits per heavy atom. The molecule has 1 unspecified atom stereocenters. The Labute approximate surface area is 97.2 Å². The predicted molar refractivity (Wildman–Crippen MR) is 66.4 cm³/mol. The first-order valence-corrected chi connectivity index (χ1v) is 5.92. The molecule has 0 bridgehead atoms. The maximum absolute atomic E-state index is 5.78. The van der Waals surface area contributed by atoms with Gasteiger partial charge in [-0.05, 0) is 31.0 Å². The van der Waals surface area contributed by atoms with Gasteiger partial charge in [0.05, 0.1) is 13.2 Å². The molecule has 1 aromatic rings. The topological polar surface area (TPSA) is 38.5 Å². The van der Waals surface area contributed by atoms with E-state index < -0.39 is 0 Å². The van der Waals surface area contributed by atoms with E-state index in [1.165, 1.54) is 5.56 Å². The van der Waals surface area contributed by atoms with E-state index in [1.54, 1.807) is 0 Å². The average molecular weight is 220 g/mol. The molecular weight excluding hydrogens is 200 g/mol. The Morgan fingerprint density at radius 2 is 2.12 bits per heavy atom. The van der Waals surface area contributed by atoms with Crippen molar-refractivity contribution in [3.8, 4) is 0 Å². The fourth-order valence-electron chi connectivity index (χ4n) is 2.21. The summed E-state index contributed by atoms with van der Waals surface area (Å²) in [7, 11) is 0. The van der Waals surface area contributed by atoms with Crippen molar-refractivity contribution in [2.45, 2.75) is 19.4 Å². The summed E-state index contributed by atoms with van der Waals surface area (Å²) < 4.78 is 5.36. The van der Waals surface area contributed by atoms with Crippen LogP contribution in [0.1, 0.15) is 12.5 Å². The summed E-state index contributed by atoms with van der Waals surface area (Å²) in [5, 5.41) is 0. The molecule has 3 nitrogen and oxygen atoms in total. The molecule has 1 saturated heterocycles. The van der Waals surface area contributed by atoms with Crippen LogP contribution in [-0.2, 0) is 11.2 Å². The smallest absolute Gasteiger partial charge is 0.0594 e. The molecule has 0 saturated carbocycles. The highest BCUT2D eigenvalue weighted by Gasteiger charge is 2.16. The number of anilines is 1. The quantitative estimate of drug-likeness (QED) is 0.785. The van der Waals surface area contributed by atoms with E-state index in [1.807, 2.05) is 12.1 Å². The second kappa shape index (κ2) is 5.32. The lowest BCUT2D eigenvalue weighted by atomic mass is 10.1. The summed E-state index contributed by atoms with van der Waals surface area (Å²) in [5.41, 5.74) is 7.95. The van der Waals surface area contributed by atoms with Gasteiger partial charge in [0.2, 0.25) is 0 Å². The van der Waals surface area contributed by atoms with Crippen LogP contribution in [0.4, 0.5) is 5.69 Å².